The van der Waals surface area contributed by atoms with Gasteiger partial charge in [0, 0.05) is 26.4 Å². The number of aryl methyl sites for hydroxylation is 1. The fourth-order valence-electron chi connectivity index (χ4n) is 1.84. The Balaban J connectivity index is 3.32. The number of alkyl halides is 3. The maximum atomic E-state index is 13.2. The maximum absolute atomic E-state index is 13.2. The summed E-state index contributed by atoms with van der Waals surface area (Å²) in [6.45, 7) is 1.25. The molecular weight excluding hydrogens is 291 g/mol. The number of hydrogen-bond acceptors (Lipinski definition) is 4. The highest BCUT2D eigenvalue weighted by atomic mass is 19.4. The van der Waals surface area contributed by atoms with Crippen molar-refractivity contribution in [1.82, 2.24) is 15.2 Å². The SMILES string of the molecule is CNC(=O)C(C)NC(c1c(O)c(=O)ccn1C)C(F)(F)F. The standard InChI is InChI=1S/C12H16F3N3O3/c1-6(11(21)16-2)17-10(12(13,14)15)8-9(20)7(19)4-5-18(8)3/h4-6,10,17,20H,1-3H3,(H,16,21). The molecule has 0 aliphatic heterocycles. The number of likely N-dealkylation sites (N-methyl/N-ethyl adjacent to an activating group) is 1. The van der Waals surface area contributed by atoms with Crippen LogP contribution in [0.25, 0.3) is 0 Å². The first kappa shape index (κ1) is 17.0. The van der Waals surface area contributed by atoms with E-state index in [1.165, 1.54) is 21.0 Å². The number of nitrogens with one attached hydrogen (secondary N) is 2. The van der Waals surface area contributed by atoms with Crippen molar-refractivity contribution in [2.24, 2.45) is 7.05 Å². The van der Waals surface area contributed by atoms with E-state index in [1.54, 1.807) is 0 Å². The summed E-state index contributed by atoms with van der Waals surface area (Å²) in [5, 5.41) is 13.9. The quantitative estimate of drug-likeness (QED) is 0.753. The number of carbonyl (C=O) groups is 1. The van der Waals surface area contributed by atoms with Crippen molar-refractivity contribution < 1.29 is 23.1 Å². The molecule has 0 aromatic carbocycles. The summed E-state index contributed by atoms with van der Waals surface area (Å²) in [6.07, 6.45) is -3.69. The molecule has 1 amide bonds. The molecule has 9 heteroatoms. The number of halogens is 3. The molecule has 0 bridgehead atoms. The van der Waals surface area contributed by atoms with Crippen molar-refractivity contribution >= 4 is 5.91 Å². The van der Waals surface area contributed by atoms with Gasteiger partial charge in [-0.25, -0.2) is 0 Å². The minimum Gasteiger partial charge on any atom is -0.503 e. The minimum absolute atomic E-state index is 0.647. The van der Waals surface area contributed by atoms with Gasteiger partial charge in [0.25, 0.3) is 0 Å². The monoisotopic (exact) mass is 307 g/mol. The van der Waals surface area contributed by atoms with E-state index in [9.17, 15) is 27.9 Å². The highest BCUT2D eigenvalue weighted by molar-refractivity contribution is 5.81. The molecule has 1 aromatic heterocycles. The predicted octanol–water partition coefficient (Wildman–Crippen LogP) is 0.418. The normalized spacial score (nSPS) is 14.6. The molecule has 6 nitrogen and oxygen atoms in total. The summed E-state index contributed by atoms with van der Waals surface area (Å²) < 4.78 is 40.6. The Labute approximate surface area is 118 Å². The molecule has 3 N–H and O–H groups in total. The number of hydrogen-bond donors (Lipinski definition) is 3. The molecule has 21 heavy (non-hydrogen) atoms. The predicted molar refractivity (Wildman–Crippen MR) is 68.8 cm³/mol. The zero-order chi connectivity index (χ0) is 16.4. The van der Waals surface area contributed by atoms with Gasteiger partial charge in [0.2, 0.25) is 11.3 Å². The lowest BCUT2D eigenvalue weighted by molar-refractivity contribution is -0.162. The van der Waals surface area contributed by atoms with E-state index >= 15 is 0 Å². The summed E-state index contributed by atoms with van der Waals surface area (Å²) in [4.78, 5) is 22.7. The zero-order valence-corrected chi connectivity index (χ0v) is 11.7. The lowest BCUT2D eigenvalue weighted by atomic mass is 10.1. The van der Waals surface area contributed by atoms with Crippen LogP contribution in [0.3, 0.4) is 0 Å². The number of amides is 1. The summed E-state index contributed by atoms with van der Waals surface area (Å²) >= 11 is 0. The van der Waals surface area contributed by atoms with E-state index < -0.39 is 41.0 Å². The van der Waals surface area contributed by atoms with Gasteiger partial charge in [0.15, 0.2) is 5.75 Å². The van der Waals surface area contributed by atoms with Crippen LogP contribution in [0.4, 0.5) is 13.2 Å². The molecule has 0 radical (unpaired) electrons. The van der Waals surface area contributed by atoms with E-state index in [-0.39, 0.29) is 0 Å². The summed E-state index contributed by atoms with van der Waals surface area (Å²) in [5.41, 5.74) is -1.57. The van der Waals surface area contributed by atoms with Crippen LogP contribution in [0.2, 0.25) is 0 Å². The molecule has 0 aliphatic carbocycles. The van der Waals surface area contributed by atoms with Crippen molar-refractivity contribution in [3.8, 4) is 5.75 Å². The van der Waals surface area contributed by atoms with Crippen LogP contribution >= 0.6 is 0 Å². The number of nitrogens with zero attached hydrogens (tertiary/aromatic N) is 1. The Morgan fingerprint density at radius 3 is 2.48 bits per heavy atom. The Bertz CT molecular complexity index is 583. The van der Waals surface area contributed by atoms with Gasteiger partial charge in [-0.3, -0.25) is 14.9 Å². The van der Waals surface area contributed by atoms with Crippen molar-refractivity contribution in [3.05, 3.63) is 28.2 Å². The number of carbonyl (C=O) groups excluding carboxylic acids is 1. The van der Waals surface area contributed by atoms with Crippen molar-refractivity contribution in [3.63, 3.8) is 0 Å². The molecule has 2 atom stereocenters. The highest BCUT2D eigenvalue weighted by Gasteiger charge is 2.45. The summed E-state index contributed by atoms with van der Waals surface area (Å²) in [5.74, 6) is -1.65. The van der Waals surface area contributed by atoms with Gasteiger partial charge in [-0.2, -0.15) is 13.2 Å². The van der Waals surface area contributed by atoms with Crippen molar-refractivity contribution in [1.29, 1.82) is 0 Å². The lowest BCUT2D eigenvalue weighted by Crippen LogP contribution is -2.47. The van der Waals surface area contributed by atoms with Crippen molar-refractivity contribution in [2.45, 2.75) is 25.2 Å². The third-order valence-corrected chi connectivity index (χ3v) is 2.96. The molecule has 1 rings (SSSR count). The van der Waals surface area contributed by atoms with Crippen LogP contribution in [0.1, 0.15) is 18.7 Å². The third-order valence-electron chi connectivity index (χ3n) is 2.96. The summed E-state index contributed by atoms with van der Waals surface area (Å²) in [7, 11) is 2.55. The number of pyridine rings is 1. The first-order valence-electron chi connectivity index (χ1n) is 6.02. The second kappa shape index (κ2) is 6.17. The molecule has 0 saturated carbocycles. The van der Waals surface area contributed by atoms with Gasteiger partial charge in [-0.15, -0.1) is 0 Å². The second-order valence-corrected chi connectivity index (χ2v) is 4.50. The molecule has 0 spiro atoms. The van der Waals surface area contributed by atoms with Crippen LogP contribution in [0, 0.1) is 0 Å². The number of aromatic hydroxyl groups is 1. The van der Waals surface area contributed by atoms with E-state index in [4.69, 9.17) is 0 Å². The van der Waals surface area contributed by atoms with Crippen LogP contribution in [0.5, 0.6) is 5.75 Å². The second-order valence-electron chi connectivity index (χ2n) is 4.50. The van der Waals surface area contributed by atoms with Gasteiger partial charge >= 0.3 is 6.18 Å². The molecule has 0 fully saturated rings. The Kier molecular flexibility index (Phi) is 5.00. The Morgan fingerprint density at radius 1 is 1.43 bits per heavy atom. The fraction of sp³-hybridized carbons (Fsp3) is 0.500. The van der Waals surface area contributed by atoms with Gasteiger partial charge in [-0.05, 0) is 6.92 Å². The maximum Gasteiger partial charge on any atom is 0.409 e. The third kappa shape index (κ3) is 3.75. The molecular formula is C12H16F3N3O3. The average Bonchev–Trinajstić information content (AvgIpc) is 2.39. The van der Waals surface area contributed by atoms with E-state index in [1.807, 2.05) is 0 Å². The van der Waals surface area contributed by atoms with E-state index in [2.05, 4.69) is 10.6 Å². The largest absolute Gasteiger partial charge is 0.503 e. The zero-order valence-electron chi connectivity index (χ0n) is 11.7. The lowest BCUT2D eigenvalue weighted by Gasteiger charge is -2.27. The van der Waals surface area contributed by atoms with Crippen molar-refractivity contribution in [2.75, 3.05) is 7.05 Å². The van der Waals surface area contributed by atoms with Crippen LogP contribution in [-0.2, 0) is 11.8 Å². The van der Waals surface area contributed by atoms with E-state index in [0.717, 1.165) is 16.8 Å². The summed E-state index contributed by atoms with van der Waals surface area (Å²) in [6, 6.07) is -2.57. The Hall–Kier alpha value is -2.03. The smallest absolute Gasteiger partial charge is 0.409 e. The van der Waals surface area contributed by atoms with Gasteiger partial charge in [-0.1, -0.05) is 0 Å². The number of aromatic nitrogens is 1. The topological polar surface area (TPSA) is 83.4 Å². The number of rotatable bonds is 4. The first-order chi connectivity index (χ1) is 9.59. The molecule has 118 valence electrons. The average molecular weight is 307 g/mol. The van der Waals surface area contributed by atoms with Crippen LogP contribution in [0.15, 0.2) is 17.1 Å². The molecule has 0 aliphatic rings. The minimum atomic E-state index is -4.80. The fourth-order valence-corrected chi connectivity index (χ4v) is 1.84. The molecule has 2 unspecified atom stereocenters. The molecule has 1 heterocycles. The van der Waals surface area contributed by atoms with Crippen LogP contribution < -0.4 is 16.1 Å². The van der Waals surface area contributed by atoms with Crippen LogP contribution in [-0.4, -0.2) is 34.8 Å². The van der Waals surface area contributed by atoms with Gasteiger partial charge in [0.1, 0.15) is 6.04 Å². The first-order valence-corrected chi connectivity index (χ1v) is 6.02. The Morgan fingerprint density at radius 2 is 2.00 bits per heavy atom. The van der Waals surface area contributed by atoms with Gasteiger partial charge < -0.3 is 15.0 Å². The van der Waals surface area contributed by atoms with Gasteiger partial charge in [0.05, 0.1) is 11.7 Å². The van der Waals surface area contributed by atoms with E-state index in [0.29, 0.717) is 0 Å². The molecule has 0 saturated heterocycles. The highest BCUT2D eigenvalue weighted by Crippen LogP contribution is 2.35. The molecule has 1 aromatic rings.